The van der Waals surface area contributed by atoms with E-state index >= 15 is 0 Å². The molecule has 2 aromatic carbocycles. The van der Waals surface area contributed by atoms with E-state index in [1.54, 1.807) is 0 Å². The van der Waals surface area contributed by atoms with E-state index in [9.17, 15) is 4.79 Å². The van der Waals surface area contributed by atoms with Gasteiger partial charge in [0.1, 0.15) is 0 Å². The predicted molar refractivity (Wildman–Crippen MR) is 98.5 cm³/mol. The van der Waals surface area contributed by atoms with Gasteiger partial charge in [-0.3, -0.25) is 9.69 Å². The molecule has 0 saturated carbocycles. The molecule has 2 aliphatic heterocycles. The van der Waals surface area contributed by atoms with Gasteiger partial charge in [-0.15, -0.1) is 0 Å². The number of carbonyl (C=O) groups is 1. The van der Waals surface area contributed by atoms with Crippen molar-refractivity contribution in [3.8, 4) is 0 Å². The molecule has 2 aromatic rings. The van der Waals surface area contributed by atoms with Gasteiger partial charge in [-0.1, -0.05) is 30.3 Å². The minimum Gasteiger partial charge on any atom is -0.381 e. The molecule has 0 bridgehead atoms. The Labute approximate surface area is 148 Å². The number of ether oxygens (including phenoxy) is 1. The van der Waals surface area contributed by atoms with Crippen LogP contribution in [0.2, 0.25) is 0 Å². The Morgan fingerprint density at radius 2 is 1.92 bits per heavy atom. The van der Waals surface area contributed by atoms with Crippen LogP contribution < -0.4 is 5.32 Å². The molecule has 2 saturated heterocycles. The number of piperidine rings is 1. The quantitative estimate of drug-likeness (QED) is 0.930. The first-order valence-electron chi connectivity index (χ1n) is 9.03. The van der Waals surface area contributed by atoms with Crippen molar-refractivity contribution in [3.63, 3.8) is 0 Å². The molecule has 2 heterocycles. The Morgan fingerprint density at radius 1 is 1.08 bits per heavy atom. The Bertz CT molecular complexity index is 732. The first kappa shape index (κ1) is 16.3. The van der Waals surface area contributed by atoms with Gasteiger partial charge in [0.15, 0.2) is 0 Å². The Kier molecular flexibility index (Phi) is 4.81. The maximum atomic E-state index is 12.5. The van der Waals surface area contributed by atoms with Crippen molar-refractivity contribution in [1.82, 2.24) is 4.90 Å². The summed E-state index contributed by atoms with van der Waals surface area (Å²) in [7, 11) is 0. The van der Waals surface area contributed by atoms with E-state index in [2.05, 4.69) is 16.3 Å². The molecular formula is C21H24N2O2. The smallest absolute Gasteiger partial charge is 0.255 e. The number of hydrogen-bond donors (Lipinski definition) is 1. The Hall–Kier alpha value is -2.17. The van der Waals surface area contributed by atoms with E-state index in [1.165, 1.54) is 12.0 Å². The lowest BCUT2D eigenvalue weighted by molar-refractivity contribution is 0.102. The molecule has 0 spiro atoms. The molecule has 130 valence electrons. The molecular weight excluding hydrogens is 312 g/mol. The average molecular weight is 336 g/mol. The number of nitrogens with one attached hydrogen (secondary N) is 1. The zero-order valence-electron chi connectivity index (χ0n) is 14.4. The summed E-state index contributed by atoms with van der Waals surface area (Å²) in [5.41, 5.74) is 2.72. The maximum Gasteiger partial charge on any atom is 0.255 e. The molecule has 0 aromatic heterocycles. The fraction of sp³-hybridized carbons (Fsp3) is 0.381. The van der Waals surface area contributed by atoms with E-state index in [-0.39, 0.29) is 5.91 Å². The summed E-state index contributed by atoms with van der Waals surface area (Å²) >= 11 is 0. The standard InChI is InChI=1S/C21H24N2O2/c24-21(22-20-7-2-1-3-8-20)17-6-4-5-16(11-17)12-23-10-9-18-14-25-15-19(18)13-23/h1-8,11,18-19H,9-10,12-15H2,(H,22,24). The molecule has 2 aliphatic rings. The van der Waals surface area contributed by atoms with Crippen molar-refractivity contribution in [1.29, 1.82) is 0 Å². The topological polar surface area (TPSA) is 41.6 Å². The van der Waals surface area contributed by atoms with Crippen LogP contribution in [0.15, 0.2) is 54.6 Å². The number of fused-ring (bicyclic) bond motifs is 1. The molecule has 4 rings (SSSR count). The largest absolute Gasteiger partial charge is 0.381 e. The number of hydrogen-bond acceptors (Lipinski definition) is 3. The van der Waals surface area contributed by atoms with Crippen molar-refractivity contribution in [2.75, 3.05) is 31.6 Å². The molecule has 2 fully saturated rings. The van der Waals surface area contributed by atoms with Crippen LogP contribution in [0.4, 0.5) is 5.69 Å². The minimum absolute atomic E-state index is 0.0593. The lowest BCUT2D eigenvalue weighted by Crippen LogP contribution is -2.39. The molecule has 4 nitrogen and oxygen atoms in total. The number of carbonyl (C=O) groups excluding carboxylic acids is 1. The predicted octanol–water partition coefficient (Wildman–Crippen LogP) is 3.41. The van der Waals surface area contributed by atoms with Crippen molar-refractivity contribution >= 4 is 11.6 Å². The van der Waals surface area contributed by atoms with E-state index < -0.39 is 0 Å². The summed E-state index contributed by atoms with van der Waals surface area (Å²) in [5, 5.41) is 2.95. The van der Waals surface area contributed by atoms with Gasteiger partial charge in [0.05, 0.1) is 6.61 Å². The normalized spacial score (nSPS) is 23.2. The van der Waals surface area contributed by atoms with Gasteiger partial charge in [-0.25, -0.2) is 0 Å². The average Bonchev–Trinajstić information content (AvgIpc) is 3.10. The van der Waals surface area contributed by atoms with E-state index in [0.29, 0.717) is 11.5 Å². The molecule has 4 heteroatoms. The van der Waals surface area contributed by atoms with Gasteiger partial charge in [0.25, 0.3) is 5.91 Å². The number of nitrogens with zero attached hydrogens (tertiary/aromatic N) is 1. The summed E-state index contributed by atoms with van der Waals surface area (Å²) in [4.78, 5) is 15.0. The number of para-hydroxylation sites is 1. The fourth-order valence-corrected chi connectivity index (χ4v) is 3.87. The number of anilines is 1. The third-order valence-corrected chi connectivity index (χ3v) is 5.27. The minimum atomic E-state index is -0.0593. The van der Waals surface area contributed by atoms with Crippen LogP contribution >= 0.6 is 0 Å². The SMILES string of the molecule is O=C(Nc1ccccc1)c1cccc(CN2CCC3COCC3C2)c1. The van der Waals surface area contributed by atoms with E-state index in [0.717, 1.165) is 44.5 Å². The first-order valence-corrected chi connectivity index (χ1v) is 9.03. The third kappa shape index (κ3) is 3.91. The van der Waals surface area contributed by atoms with Crippen LogP contribution in [0.5, 0.6) is 0 Å². The zero-order valence-corrected chi connectivity index (χ0v) is 14.4. The fourth-order valence-electron chi connectivity index (χ4n) is 3.87. The van der Waals surface area contributed by atoms with Crippen molar-refractivity contribution in [2.45, 2.75) is 13.0 Å². The van der Waals surface area contributed by atoms with Gasteiger partial charge >= 0.3 is 0 Å². The van der Waals surface area contributed by atoms with Crippen LogP contribution in [-0.4, -0.2) is 37.1 Å². The van der Waals surface area contributed by atoms with E-state index in [4.69, 9.17) is 4.74 Å². The number of likely N-dealkylation sites (tertiary alicyclic amines) is 1. The number of amides is 1. The Morgan fingerprint density at radius 3 is 2.80 bits per heavy atom. The van der Waals surface area contributed by atoms with Gasteiger partial charge in [-0.05, 0) is 48.7 Å². The summed E-state index contributed by atoms with van der Waals surface area (Å²) in [6.45, 7) is 4.96. The third-order valence-electron chi connectivity index (χ3n) is 5.27. The van der Waals surface area contributed by atoms with Crippen LogP contribution in [0.1, 0.15) is 22.3 Å². The van der Waals surface area contributed by atoms with Crippen LogP contribution in [0.3, 0.4) is 0 Å². The van der Waals surface area contributed by atoms with Crippen molar-refractivity contribution in [2.24, 2.45) is 11.8 Å². The molecule has 1 N–H and O–H groups in total. The number of benzene rings is 2. The molecule has 2 unspecified atom stereocenters. The second kappa shape index (κ2) is 7.38. The van der Waals surface area contributed by atoms with Gasteiger partial charge in [-0.2, -0.15) is 0 Å². The highest BCUT2D eigenvalue weighted by molar-refractivity contribution is 6.04. The first-order chi connectivity index (χ1) is 12.3. The molecule has 25 heavy (non-hydrogen) atoms. The highest BCUT2D eigenvalue weighted by atomic mass is 16.5. The number of rotatable bonds is 4. The van der Waals surface area contributed by atoms with Crippen LogP contribution in [-0.2, 0) is 11.3 Å². The zero-order chi connectivity index (χ0) is 17.1. The Balaban J connectivity index is 1.40. The second-order valence-electron chi connectivity index (χ2n) is 7.10. The van der Waals surface area contributed by atoms with Crippen molar-refractivity contribution in [3.05, 3.63) is 65.7 Å². The summed E-state index contributed by atoms with van der Waals surface area (Å²) in [6, 6.07) is 17.5. The monoisotopic (exact) mass is 336 g/mol. The molecule has 2 atom stereocenters. The summed E-state index contributed by atoms with van der Waals surface area (Å²) in [5.74, 6) is 1.37. The van der Waals surface area contributed by atoms with Crippen LogP contribution in [0.25, 0.3) is 0 Å². The summed E-state index contributed by atoms with van der Waals surface area (Å²) in [6.07, 6.45) is 1.22. The summed E-state index contributed by atoms with van der Waals surface area (Å²) < 4.78 is 5.62. The highest BCUT2D eigenvalue weighted by Gasteiger charge is 2.33. The second-order valence-corrected chi connectivity index (χ2v) is 7.10. The molecule has 1 amide bonds. The lowest BCUT2D eigenvalue weighted by Gasteiger charge is -2.33. The molecule has 0 radical (unpaired) electrons. The van der Waals surface area contributed by atoms with Crippen molar-refractivity contribution < 1.29 is 9.53 Å². The van der Waals surface area contributed by atoms with Gasteiger partial charge in [0.2, 0.25) is 0 Å². The van der Waals surface area contributed by atoms with Crippen LogP contribution in [0, 0.1) is 11.8 Å². The molecule has 0 aliphatic carbocycles. The van der Waals surface area contributed by atoms with Gasteiger partial charge < -0.3 is 10.1 Å². The highest BCUT2D eigenvalue weighted by Crippen LogP contribution is 2.30. The maximum absolute atomic E-state index is 12.5. The lowest BCUT2D eigenvalue weighted by atomic mass is 9.88. The van der Waals surface area contributed by atoms with Gasteiger partial charge in [0, 0.05) is 36.9 Å². The van der Waals surface area contributed by atoms with E-state index in [1.807, 2.05) is 48.5 Å².